The molecule has 1 fully saturated rings. The summed E-state index contributed by atoms with van der Waals surface area (Å²) in [5.74, 6) is 0. The van der Waals surface area contributed by atoms with Crippen LogP contribution in [0, 0.1) is 8.99 Å². The molecule has 0 heterocycles. The van der Waals surface area contributed by atoms with Crippen LogP contribution in [-0.2, 0) is 0 Å². The van der Waals surface area contributed by atoms with Crippen molar-refractivity contribution in [2.45, 2.75) is 32.1 Å². The molecule has 1 aliphatic carbocycles. The topological polar surface area (TPSA) is 32.3 Å². The molecular weight excluding hydrogens is 405 g/mol. The lowest BCUT2D eigenvalue weighted by Gasteiger charge is -2.36. The summed E-state index contributed by atoms with van der Waals surface area (Å²) in [6.45, 7) is 1.17. The third-order valence-electron chi connectivity index (χ3n) is 3.83. The Morgan fingerprint density at radius 3 is 2.67 bits per heavy atom. The monoisotopic (exact) mass is 423 g/mol. The van der Waals surface area contributed by atoms with Gasteiger partial charge in [0.05, 0.1) is 6.61 Å². The Hall–Kier alpha value is 0.190. The van der Waals surface area contributed by atoms with Gasteiger partial charge in [0, 0.05) is 25.7 Å². The summed E-state index contributed by atoms with van der Waals surface area (Å²) >= 11 is 5.84. The van der Waals surface area contributed by atoms with Gasteiger partial charge < -0.3 is 10.4 Å². The number of aliphatic hydroxyl groups is 1. The molecule has 0 bridgehead atoms. The molecule has 0 saturated heterocycles. The number of hydrogen-bond donors (Lipinski definition) is 2. The number of benzene rings is 1. The Kier molecular flexibility index (Phi) is 5.33. The van der Waals surface area contributed by atoms with E-state index in [9.17, 15) is 5.11 Å². The molecule has 0 aliphatic heterocycles. The van der Waals surface area contributed by atoms with Crippen LogP contribution in [0.4, 0.5) is 5.69 Å². The van der Waals surface area contributed by atoms with Gasteiger partial charge in [0.1, 0.15) is 0 Å². The van der Waals surface area contributed by atoms with E-state index in [0.29, 0.717) is 6.61 Å². The summed E-state index contributed by atoms with van der Waals surface area (Å²) in [5, 5.41) is 13.2. The van der Waals surface area contributed by atoms with Gasteiger partial charge in [0.25, 0.3) is 0 Å². The zero-order valence-electron chi connectivity index (χ0n) is 10.4. The Balaban J connectivity index is 2.03. The van der Waals surface area contributed by atoms with Crippen molar-refractivity contribution in [1.82, 2.24) is 0 Å². The lowest BCUT2D eigenvalue weighted by molar-refractivity contribution is 0.0944. The zero-order valence-corrected chi connectivity index (χ0v) is 14.1. The van der Waals surface area contributed by atoms with Crippen LogP contribution in [0.25, 0.3) is 0 Å². The first kappa shape index (κ1) is 14.6. The smallest absolute Gasteiger partial charge is 0.0504 e. The maximum atomic E-state index is 9.69. The van der Waals surface area contributed by atoms with Gasteiger partial charge in [-0.2, -0.15) is 0 Å². The van der Waals surface area contributed by atoms with E-state index in [-0.39, 0.29) is 5.41 Å². The Bertz CT molecular complexity index is 405. The quantitative estimate of drug-likeness (QED) is 0.703. The fourth-order valence-corrected chi connectivity index (χ4v) is 3.50. The summed E-state index contributed by atoms with van der Waals surface area (Å²) in [4.78, 5) is 0. The molecule has 1 saturated carbocycles. The Morgan fingerprint density at radius 1 is 1.28 bits per heavy atom. The van der Waals surface area contributed by atoms with Crippen LogP contribution in [0.1, 0.15) is 32.1 Å². The van der Waals surface area contributed by atoms with E-state index >= 15 is 0 Å². The summed E-state index contributed by atoms with van der Waals surface area (Å²) in [6, 6.07) is 6.25. The van der Waals surface area contributed by atoms with Gasteiger partial charge in [-0.15, -0.1) is 0 Å². The minimum Gasteiger partial charge on any atom is -0.396 e. The molecule has 2 N–H and O–H groups in total. The van der Waals surface area contributed by atoms with E-state index in [1.54, 1.807) is 0 Å². The molecule has 0 unspecified atom stereocenters. The highest BCUT2D eigenvalue weighted by atomic mass is 127. The van der Waals surface area contributed by atoms with Crippen molar-refractivity contribution in [3.05, 3.63) is 26.2 Å². The maximum absolute atomic E-state index is 9.69. The number of halogens is 2. The molecule has 2 rings (SSSR count). The summed E-state index contributed by atoms with van der Waals surface area (Å²) < 4.78 is 2.31. The third-order valence-corrected chi connectivity index (χ3v) is 5.27. The van der Waals surface area contributed by atoms with Gasteiger partial charge in [-0.1, -0.05) is 35.2 Å². The molecule has 0 aromatic heterocycles. The first-order chi connectivity index (χ1) is 8.65. The predicted molar refractivity (Wildman–Crippen MR) is 88.0 cm³/mol. The van der Waals surface area contributed by atoms with E-state index in [0.717, 1.165) is 29.5 Å². The maximum Gasteiger partial charge on any atom is 0.0504 e. The second kappa shape index (κ2) is 6.57. The van der Waals surface area contributed by atoms with Gasteiger partial charge in [-0.3, -0.25) is 0 Å². The average Bonchev–Trinajstić information content (AvgIpc) is 2.41. The van der Waals surface area contributed by atoms with Gasteiger partial charge in [0.15, 0.2) is 0 Å². The molecule has 1 aliphatic rings. The largest absolute Gasteiger partial charge is 0.396 e. The molecule has 0 spiro atoms. The Morgan fingerprint density at radius 2 is 2.00 bits per heavy atom. The molecule has 4 heteroatoms. The molecule has 100 valence electrons. The van der Waals surface area contributed by atoms with Gasteiger partial charge >= 0.3 is 0 Å². The Labute approximate surface area is 131 Å². The van der Waals surface area contributed by atoms with Gasteiger partial charge in [-0.05, 0) is 53.6 Å². The second-order valence-corrected chi connectivity index (χ2v) is 7.27. The van der Waals surface area contributed by atoms with Crippen molar-refractivity contribution < 1.29 is 5.11 Å². The van der Waals surface area contributed by atoms with Crippen molar-refractivity contribution in [2.75, 3.05) is 18.5 Å². The highest BCUT2D eigenvalue weighted by molar-refractivity contribution is 14.1. The van der Waals surface area contributed by atoms with Crippen molar-refractivity contribution in [1.29, 1.82) is 0 Å². The summed E-state index contributed by atoms with van der Waals surface area (Å²) in [6.07, 6.45) is 6.09. The van der Waals surface area contributed by atoms with Gasteiger partial charge in [-0.25, -0.2) is 0 Å². The molecule has 1 aromatic rings. The fraction of sp³-hybridized carbons (Fsp3) is 0.571. The van der Waals surface area contributed by atoms with Gasteiger partial charge in [0.2, 0.25) is 0 Å². The highest BCUT2D eigenvalue weighted by Gasteiger charge is 2.31. The molecule has 2 nitrogen and oxygen atoms in total. The minimum absolute atomic E-state index is 0.0870. The molecule has 0 amide bonds. The van der Waals surface area contributed by atoms with Crippen molar-refractivity contribution in [3.63, 3.8) is 0 Å². The molecule has 18 heavy (non-hydrogen) atoms. The van der Waals surface area contributed by atoms with E-state index < -0.39 is 0 Å². The van der Waals surface area contributed by atoms with Crippen LogP contribution in [0.5, 0.6) is 0 Å². The van der Waals surface area contributed by atoms with Crippen LogP contribution in [0.2, 0.25) is 0 Å². The fourth-order valence-electron chi connectivity index (χ4n) is 2.61. The number of hydrogen-bond acceptors (Lipinski definition) is 2. The summed E-state index contributed by atoms with van der Waals surface area (Å²) in [7, 11) is 0. The van der Waals surface area contributed by atoms with Crippen molar-refractivity contribution in [3.8, 4) is 0 Å². The highest BCUT2D eigenvalue weighted by Crippen LogP contribution is 2.36. The van der Waals surface area contributed by atoms with E-state index in [4.69, 9.17) is 0 Å². The third kappa shape index (κ3) is 3.61. The van der Waals surface area contributed by atoms with Crippen LogP contribution in [0.3, 0.4) is 0 Å². The molecule has 0 radical (unpaired) electrons. The standard InChI is InChI=1S/C14H19BrINO/c15-11-4-5-12(16)13(8-11)17-9-14(10-18)6-2-1-3-7-14/h4-5,8,17-18H,1-3,6-7,9-10H2. The lowest BCUT2D eigenvalue weighted by Crippen LogP contribution is -2.35. The number of aliphatic hydroxyl groups excluding tert-OH is 1. The number of anilines is 1. The molecule has 0 atom stereocenters. The van der Waals surface area contributed by atoms with Crippen LogP contribution < -0.4 is 5.32 Å². The van der Waals surface area contributed by atoms with E-state index in [1.165, 1.54) is 22.8 Å². The first-order valence-electron chi connectivity index (χ1n) is 6.45. The first-order valence-corrected chi connectivity index (χ1v) is 8.32. The second-order valence-electron chi connectivity index (χ2n) is 5.20. The minimum atomic E-state index is 0.0870. The van der Waals surface area contributed by atoms with Crippen LogP contribution >= 0.6 is 38.5 Å². The van der Waals surface area contributed by atoms with E-state index in [2.05, 4.69) is 62.0 Å². The SMILES string of the molecule is OCC1(CNc2cc(Br)ccc2I)CCCCC1. The van der Waals surface area contributed by atoms with Crippen LogP contribution in [-0.4, -0.2) is 18.3 Å². The van der Waals surface area contributed by atoms with Crippen molar-refractivity contribution >= 4 is 44.2 Å². The normalized spacial score (nSPS) is 18.6. The van der Waals surface area contributed by atoms with Crippen LogP contribution in [0.15, 0.2) is 22.7 Å². The molecule has 1 aromatic carbocycles. The lowest BCUT2D eigenvalue weighted by atomic mass is 9.74. The summed E-state index contributed by atoms with van der Waals surface area (Å²) in [5.41, 5.74) is 1.24. The number of nitrogens with one attached hydrogen (secondary N) is 1. The molecular formula is C14H19BrINO. The van der Waals surface area contributed by atoms with E-state index in [1.807, 2.05) is 0 Å². The number of rotatable bonds is 4. The average molecular weight is 424 g/mol. The predicted octanol–water partition coefficient (Wildman–Crippen LogP) is 4.41. The van der Waals surface area contributed by atoms with Crippen molar-refractivity contribution in [2.24, 2.45) is 5.41 Å². The zero-order chi connectivity index (χ0) is 13.0.